The molecule has 9 heterocycles. The van der Waals surface area contributed by atoms with Gasteiger partial charge in [-0.3, -0.25) is 24.2 Å². The van der Waals surface area contributed by atoms with Crippen LogP contribution in [-0.2, 0) is 89.6 Å². The standard InChI is InChI=1S/C20H20Cl2FN3O3.2C18H15Cl2F3N2O3S.C17H13Cl2F3N2O3S/c21-16-13-5-7-26(10-14(13)17(22)19(28)18(16)27)20(29)11-2-1-6-25(9-11)15-4-3-12(23)8-24-15;1-8-4-9(18(21,22)23)5-12(24-8)29-7-13(26)25-3-2-10-11(6-25)15(20)17(28)16(27)14(10)19;1-8-11(2-3-12(24-8)18(21,22)23)29-7-13(26)25-5-4-9-10(6-25)15(20)17(28)16(27)14(9)19;18-13-9-3-4-24(6-10(9)14(19)16(27)15(13)26)12(25)7-28-8-1-2-11(23-5-8)17(20,21)22/h3-4,8,11,27-28H,1-2,5-7,9-10H2;4-5,27-28H,2-3,6-7H2,1H3;2-3,27-28H,4-7H2,1H3;1-2,5,26-27H,3-4,6-7H2. The minimum Gasteiger partial charge on any atom is -0.503 e. The number of fused-ring (bicyclic) bond motifs is 4. The molecule has 1 fully saturated rings. The van der Waals surface area contributed by atoms with E-state index in [4.69, 9.17) is 92.8 Å². The molecule has 5 aliphatic rings. The Morgan fingerprint density at radius 2 is 0.852 bits per heavy atom. The third-order valence-corrected chi connectivity index (χ3v) is 25.2. The van der Waals surface area contributed by atoms with E-state index in [9.17, 15) is 104 Å². The number of hydrogen-bond donors (Lipinski definition) is 8. The number of carbonyl (C=O) groups excluding carboxylic acids is 4. The van der Waals surface area contributed by atoms with Crippen LogP contribution >= 0.6 is 128 Å². The van der Waals surface area contributed by atoms with Gasteiger partial charge in [0.15, 0.2) is 46.0 Å². The molecule has 4 amide bonds. The number of piperidine rings is 1. The second-order valence-electron chi connectivity index (χ2n) is 26.3. The Morgan fingerprint density at radius 3 is 1.24 bits per heavy atom. The Kier molecular flexibility index (Phi) is 28.8. The highest BCUT2D eigenvalue weighted by Gasteiger charge is 2.39. The number of thioether (sulfide) groups is 3. The molecule has 8 aromatic rings. The number of aromatic hydroxyl groups is 8. The highest BCUT2D eigenvalue weighted by Crippen LogP contribution is 2.51. The van der Waals surface area contributed by atoms with Crippen molar-refractivity contribution >= 4 is 158 Å². The minimum atomic E-state index is -4.52. The highest BCUT2D eigenvalue weighted by molar-refractivity contribution is 8.00. The molecular formula is C73H63Cl8F10N9O12S3. The van der Waals surface area contributed by atoms with Crippen molar-refractivity contribution in [1.29, 1.82) is 0 Å². The fraction of sp³-hybridized carbons (Fsp3) is 0.342. The van der Waals surface area contributed by atoms with Crippen LogP contribution in [0.5, 0.6) is 46.0 Å². The molecule has 21 nitrogen and oxygen atoms in total. The largest absolute Gasteiger partial charge is 0.503 e. The molecule has 4 aromatic carbocycles. The van der Waals surface area contributed by atoms with Gasteiger partial charge in [0, 0.05) is 87.1 Å². The van der Waals surface area contributed by atoms with Crippen LogP contribution in [0.1, 0.15) is 85.7 Å². The lowest BCUT2D eigenvalue weighted by atomic mass is 9.93. The molecule has 0 spiro atoms. The summed E-state index contributed by atoms with van der Waals surface area (Å²) in [6, 6.07) is 9.14. The van der Waals surface area contributed by atoms with E-state index in [2.05, 4.69) is 19.9 Å². The fourth-order valence-corrected chi connectivity index (χ4v) is 17.7. The zero-order chi connectivity index (χ0) is 84.4. The van der Waals surface area contributed by atoms with Crippen LogP contribution in [0.15, 0.2) is 75.7 Å². The molecule has 13 rings (SSSR count). The van der Waals surface area contributed by atoms with Gasteiger partial charge < -0.3 is 65.4 Å². The number of amides is 4. The Hall–Kier alpha value is -7.77. The molecule has 4 aromatic heterocycles. The number of aryl methyl sites for hydroxylation is 2. The average molecular weight is 1830 g/mol. The van der Waals surface area contributed by atoms with Crippen molar-refractivity contribution in [3.63, 3.8) is 0 Å². The van der Waals surface area contributed by atoms with Crippen LogP contribution in [-0.4, -0.2) is 161 Å². The zero-order valence-electron chi connectivity index (χ0n) is 59.5. The van der Waals surface area contributed by atoms with Gasteiger partial charge in [-0.1, -0.05) is 105 Å². The molecular weight excluding hydrogens is 1760 g/mol. The van der Waals surface area contributed by atoms with Gasteiger partial charge in [0.25, 0.3) is 0 Å². The molecule has 0 bridgehead atoms. The molecule has 1 unspecified atom stereocenters. The fourth-order valence-electron chi connectivity index (χ4n) is 12.9. The van der Waals surface area contributed by atoms with E-state index >= 15 is 0 Å². The molecule has 0 saturated carbocycles. The number of carbonyl (C=O) groups is 4. The van der Waals surface area contributed by atoms with Gasteiger partial charge in [-0.2, -0.15) is 39.5 Å². The van der Waals surface area contributed by atoms with Crippen LogP contribution in [0, 0.1) is 25.6 Å². The Labute approximate surface area is 701 Å². The number of alkyl halides is 9. The first kappa shape index (κ1) is 89.6. The number of phenols is 8. The van der Waals surface area contributed by atoms with E-state index in [1.165, 1.54) is 52.9 Å². The SMILES string of the molecule is Cc1cc(C(F)(F)F)cc(SCC(=O)N2CCc3c(Cl)c(O)c(O)c(Cl)c3C2)n1.Cc1nc(C(F)(F)F)ccc1SCC(=O)N1CCc2c(Cl)c(O)c(O)c(Cl)c2C1.O=C(C1CCCN(c2ccc(F)cn2)C1)N1CCc2c(Cl)c(O)c(O)c(Cl)c2C1.O=C(CSc1ccc(C(F)(F)F)nc1)N1CCc2c(Cl)c(O)c(O)c(Cl)c2C1. The lowest BCUT2D eigenvalue weighted by molar-refractivity contribution is -0.142. The number of rotatable bonds is 11. The highest BCUT2D eigenvalue weighted by atomic mass is 35.5. The molecule has 1 atom stereocenters. The van der Waals surface area contributed by atoms with Crippen molar-refractivity contribution in [2.24, 2.45) is 5.92 Å². The number of anilines is 1. The minimum absolute atomic E-state index is 0.00135. The van der Waals surface area contributed by atoms with Crippen LogP contribution < -0.4 is 4.90 Å². The normalized spacial score (nSPS) is 15.4. The first-order chi connectivity index (χ1) is 53.9. The van der Waals surface area contributed by atoms with Gasteiger partial charge in [-0.15, -0.1) is 23.5 Å². The molecule has 616 valence electrons. The van der Waals surface area contributed by atoms with Gasteiger partial charge in [-0.05, 0) is 145 Å². The third kappa shape index (κ3) is 20.7. The van der Waals surface area contributed by atoms with Crippen molar-refractivity contribution < 1.29 is 104 Å². The summed E-state index contributed by atoms with van der Waals surface area (Å²) < 4.78 is 128. The van der Waals surface area contributed by atoms with Gasteiger partial charge in [0.05, 0.1) is 85.8 Å². The molecule has 1 saturated heterocycles. The number of pyridine rings is 4. The van der Waals surface area contributed by atoms with Gasteiger partial charge >= 0.3 is 18.5 Å². The van der Waals surface area contributed by atoms with Crippen LogP contribution in [0.2, 0.25) is 40.2 Å². The molecule has 42 heteroatoms. The maximum Gasteiger partial charge on any atom is 0.433 e. The Balaban J connectivity index is 0.000000162. The summed E-state index contributed by atoms with van der Waals surface area (Å²) in [7, 11) is 0. The van der Waals surface area contributed by atoms with Crippen molar-refractivity contribution in [2.75, 3.05) is 61.4 Å². The number of halogens is 18. The van der Waals surface area contributed by atoms with Crippen LogP contribution in [0.3, 0.4) is 0 Å². The maximum atomic E-state index is 13.2. The lowest BCUT2D eigenvalue weighted by Crippen LogP contribution is -2.46. The quantitative estimate of drug-likeness (QED) is 0.0339. The van der Waals surface area contributed by atoms with Crippen molar-refractivity contribution in [3.8, 4) is 46.0 Å². The molecule has 115 heavy (non-hydrogen) atoms. The summed E-state index contributed by atoms with van der Waals surface area (Å²) in [6.07, 6.45) is -8.23. The summed E-state index contributed by atoms with van der Waals surface area (Å²) in [4.78, 5) is 75.0. The van der Waals surface area contributed by atoms with E-state index in [-0.39, 0.29) is 130 Å². The van der Waals surface area contributed by atoms with E-state index in [1.54, 1.807) is 11.0 Å². The summed E-state index contributed by atoms with van der Waals surface area (Å²) in [6.45, 7) is 6.09. The number of phenolic OH excluding ortho intramolecular Hbond substituents is 8. The topological polar surface area (TPSA) is 298 Å². The predicted molar refractivity (Wildman–Crippen MR) is 414 cm³/mol. The molecule has 8 N–H and O–H groups in total. The Bertz CT molecular complexity index is 5090. The van der Waals surface area contributed by atoms with Crippen molar-refractivity contribution in [1.82, 2.24) is 39.5 Å². The monoisotopic (exact) mass is 1820 g/mol. The lowest BCUT2D eigenvalue weighted by Gasteiger charge is -2.37. The van der Waals surface area contributed by atoms with Gasteiger partial charge in [-0.25, -0.2) is 19.3 Å². The summed E-state index contributed by atoms with van der Waals surface area (Å²) >= 11 is 51.8. The summed E-state index contributed by atoms with van der Waals surface area (Å²) in [5.41, 5.74) is 1.90. The number of aromatic nitrogens is 4. The summed E-state index contributed by atoms with van der Waals surface area (Å²) in [5, 5.41) is 78.8. The number of hydrogen-bond acceptors (Lipinski definition) is 20. The van der Waals surface area contributed by atoms with Crippen molar-refractivity contribution in [3.05, 3.63) is 180 Å². The first-order valence-corrected chi connectivity index (χ1v) is 40.1. The number of nitrogens with zero attached hydrogens (tertiary/aromatic N) is 9. The van der Waals surface area contributed by atoms with Crippen molar-refractivity contribution in [2.45, 2.75) is 112 Å². The summed E-state index contributed by atoms with van der Waals surface area (Å²) in [5.74, 6) is -4.89. The smallest absolute Gasteiger partial charge is 0.433 e. The van der Waals surface area contributed by atoms with Gasteiger partial charge in [0.1, 0.15) is 23.0 Å². The number of benzene rings is 4. The van der Waals surface area contributed by atoms with Gasteiger partial charge in [0.2, 0.25) is 23.6 Å². The zero-order valence-corrected chi connectivity index (χ0v) is 68.0. The van der Waals surface area contributed by atoms with Crippen LogP contribution in [0.4, 0.5) is 49.7 Å². The average Bonchev–Trinajstić information content (AvgIpc) is 0.782. The predicted octanol–water partition coefficient (Wildman–Crippen LogP) is 17.8. The second-order valence-corrected chi connectivity index (χ2v) is 32.4. The van der Waals surface area contributed by atoms with E-state index < -0.39 is 87.3 Å². The third-order valence-electron chi connectivity index (χ3n) is 18.9. The second kappa shape index (κ2) is 37.0. The van der Waals surface area contributed by atoms with Crippen LogP contribution in [0.25, 0.3) is 0 Å². The van der Waals surface area contributed by atoms with E-state index in [1.807, 2.05) is 4.90 Å². The maximum absolute atomic E-state index is 13.2. The molecule has 0 aliphatic carbocycles. The molecule has 0 radical (unpaired) electrons. The Morgan fingerprint density at radius 1 is 0.452 bits per heavy atom. The molecule has 5 aliphatic heterocycles. The van der Waals surface area contributed by atoms with E-state index in [0.717, 1.165) is 85.1 Å². The van der Waals surface area contributed by atoms with E-state index in [0.29, 0.717) is 119 Å². The first-order valence-electron chi connectivity index (χ1n) is 34.1.